The Morgan fingerprint density at radius 3 is 2.58 bits per heavy atom. The highest BCUT2D eigenvalue weighted by atomic mass is 19.1. The fourth-order valence-electron chi connectivity index (χ4n) is 2.63. The number of nitrogens with zero attached hydrogens (tertiary/aromatic N) is 5. The molecule has 4 heterocycles. The van der Waals surface area contributed by atoms with E-state index in [9.17, 15) is 4.39 Å². The Morgan fingerprint density at radius 2 is 1.81 bits per heavy atom. The molecular weight excluding hydrogens is 331 g/mol. The number of hydrogen-bond donors (Lipinski definition) is 1. The van der Waals surface area contributed by atoms with Gasteiger partial charge in [0.05, 0.1) is 17.1 Å². The number of rotatable bonds is 4. The Labute approximate surface area is 149 Å². The molecule has 0 aromatic carbocycles. The number of aryl methyl sites for hydroxylation is 1. The van der Waals surface area contributed by atoms with Crippen LogP contribution < -0.4 is 5.32 Å². The molecule has 0 bridgehead atoms. The summed E-state index contributed by atoms with van der Waals surface area (Å²) in [7, 11) is 0. The summed E-state index contributed by atoms with van der Waals surface area (Å²) in [6.07, 6.45) is 6.33. The molecule has 4 aromatic heterocycles. The van der Waals surface area contributed by atoms with Crippen LogP contribution in [0.4, 0.5) is 16.0 Å². The Balaban J connectivity index is 1.71. The maximum Gasteiger partial charge on any atom is 0.227 e. The van der Waals surface area contributed by atoms with E-state index in [2.05, 4.69) is 30.2 Å². The van der Waals surface area contributed by atoms with Crippen molar-refractivity contribution in [3.63, 3.8) is 0 Å². The monoisotopic (exact) mass is 346 g/mol. The van der Waals surface area contributed by atoms with Crippen LogP contribution in [-0.2, 0) is 6.67 Å². The number of hydrogen-bond acceptors (Lipinski definition) is 6. The van der Waals surface area contributed by atoms with Crippen molar-refractivity contribution in [3.8, 4) is 11.4 Å². The normalized spacial score (nSPS) is 10.8. The largest absolute Gasteiger partial charge is 0.323 e. The molecule has 0 amide bonds. The smallest absolute Gasteiger partial charge is 0.227 e. The number of nitrogens with one attached hydrogen (secondary N) is 1. The minimum atomic E-state index is -0.585. The molecule has 0 spiro atoms. The second kappa shape index (κ2) is 6.79. The molecule has 1 N–H and O–H groups in total. The molecule has 4 rings (SSSR count). The molecule has 0 saturated carbocycles. The van der Waals surface area contributed by atoms with Crippen LogP contribution in [0, 0.1) is 6.92 Å². The molecule has 0 aliphatic carbocycles. The first-order valence-corrected chi connectivity index (χ1v) is 8.06. The van der Waals surface area contributed by atoms with Gasteiger partial charge < -0.3 is 5.32 Å². The van der Waals surface area contributed by atoms with E-state index < -0.39 is 6.67 Å². The van der Waals surface area contributed by atoms with E-state index in [0.29, 0.717) is 17.2 Å². The van der Waals surface area contributed by atoms with Gasteiger partial charge in [0.2, 0.25) is 5.95 Å². The lowest BCUT2D eigenvalue weighted by molar-refractivity contribution is 0.483. The van der Waals surface area contributed by atoms with Crippen LogP contribution in [0.25, 0.3) is 22.4 Å². The molecule has 0 atom stereocenters. The van der Waals surface area contributed by atoms with Crippen LogP contribution >= 0.6 is 0 Å². The predicted octanol–water partition coefficient (Wildman–Crippen LogP) is 4.00. The minimum absolute atomic E-state index is 0.388. The lowest BCUT2D eigenvalue weighted by atomic mass is 10.1. The van der Waals surface area contributed by atoms with Gasteiger partial charge in [-0.3, -0.25) is 4.98 Å². The second-order valence-electron chi connectivity index (χ2n) is 5.77. The van der Waals surface area contributed by atoms with Crippen molar-refractivity contribution in [2.45, 2.75) is 13.6 Å². The van der Waals surface area contributed by atoms with Crippen LogP contribution in [0.1, 0.15) is 11.1 Å². The van der Waals surface area contributed by atoms with Gasteiger partial charge >= 0.3 is 0 Å². The molecular formula is C19H15FN6. The molecule has 0 radical (unpaired) electrons. The van der Waals surface area contributed by atoms with Gasteiger partial charge in [0, 0.05) is 35.7 Å². The third-order valence-electron chi connectivity index (χ3n) is 3.96. The lowest BCUT2D eigenvalue weighted by Crippen LogP contribution is -2.00. The first-order valence-electron chi connectivity index (χ1n) is 8.06. The van der Waals surface area contributed by atoms with Gasteiger partial charge in [0.25, 0.3) is 0 Å². The van der Waals surface area contributed by atoms with Gasteiger partial charge in [-0.15, -0.1) is 0 Å². The third-order valence-corrected chi connectivity index (χ3v) is 3.96. The zero-order valence-electron chi connectivity index (χ0n) is 14.0. The summed E-state index contributed by atoms with van der Waals surface area (Å²) in [4.78, 5) is 21.6. The standard InChI is InChI=1S/C19H15FN6/c1-12-3-2-7-21-17(12)16-5-4-14-15(6-8-22-18(14)25-16)26-19-23-10-13(9-20)11-24-19/h2-8,10-11H,9H2,1H3,(H,22,23,24,25,26). The van der Waals surface area contributed by atoms with E-state index in [4.69, 9.17) is 0 Å². The van der Waals surface area contributed by atoms with Gasteiger partial charge in [-0.25, -0.2) is 24.3 Å². The zero-order chi connectivity index (χ0) is 17.9. The van der Waals surface area contributed by atoms with Crippen LogP contribution in [0.15, 0.2) is 55.1 Å². The summed E-state index contributed by atoms with van der Waals surface area (Å²) in [6, 6.07) is 9.57. The SMILES string of the molecule is Cc1cccnc1-c1ccc2c(Nc3ncc(CF)cn3)ccnc2n1. The Morgan fingerprint density at radius 1 is 0.962 bits per heavy atom. The summed E-state index contributed by atoms with van der Waals surface area (Å²) in [5.41, 5.74) is 4.46. The molecule has 128 valence electrons. The number of anilines is 2. The van der Waals surface area contributed by atoms with Gasteiger partial charge in [0.1, 0.15) is 6.67 Å². The molecule has 0 saturated heterocycles. The summed E-state index contributed by atoms with van der Waals surface area (Å²) >= 11 is 0. The highest BCUT2D eigenvalue weighted by Crippen LogP contribution is 2.26. The predicted molar refractivity (Wildman–Crippen MR) is 97.6 cm³/mol. The molecule has 0 fully saturated rings. The molecule has 26 heavy (non-hydrogen) atoms. The van der Waals surface area contributed by atoms with Crippen LogP contribution in [0.5, 0.6) is 0 Å². The Hall–Kier alpha value is -3.48. The second-order valence-corrected chi connectivity index (χ2v) is 5.77. The number of aromatic nitrogens is 5. The van der Waals surface area contributed by atoms with Crippen molar-refractivity contribution in [2.75, 3.05) is 5.32 Å². The van der Waals surface area contributed by atoms with E-state index in [-0.39, 0.29) is 0 Å². The summed E-state index contributed by atoms with van der Waals surface area (Å²) in [5, 5.41) is 3.96. The number of pyridine rings is 3. The molecule has 0 aliphatic heterocycles. The van der Waals surface area contributed by atoms with E-state index in [0.717, 1.165) is 28.0 Å². The van der Waals surface area contributed by atoms with Gasteiger partial charge in [0.15, 0.2) is 5.65 Å². The van der Waals surface area contributed by atoms with Crippen LogP contribution in [-0.4, -0.2) is 24.9 Å². The quantitative estimate of drug-likeness (QED) is 0.602. The van der Waals surface area contributed by atoms with Crippen molar-refractivity contribution in [1.29, 1.82) is 0 Å². The fraction of sp³-hybridized carbons (Fsp3) is 0.105. The van der Waals surface area contributed by atoms with Crippen molar-refractivity contribution >= 4 is 22.7 Å². The first-order chi connectivity index (χ1) is 12.7. The van der Waals surface area contributed by atoms with Gasteiger partial charge in [-0.05, 0) is 36.8 Å². The first kappa shape index (κ1) is 16.0. The van der Waals surface area contributed by atoms with E-state index in [1.165, 1.54) is 12.4 Å². The summed E-state index contributed by atoms with van der Waals surface area (Å²) in [6.45, 7) is 1.41. The van der Waals surface area contributed by atoms with Crippen molar-refractivity contribution in [1.82, 2.24) is 24.9 Å². The highest BCUT2D eigenvalue weighted by molar-refractivity contribution is 5.91. The highest BCUT2D eigenvalue weighted by Gasteiger charge is 2.09. The maximum atomic E-state index is 12.6. The fourth-order valence-corrected chi connectivity index (χ4v) is 2.63. The van der Waals surface area contributed by atoms with Crippen LogP contribution in [0.3, 0.4) is 0 Å². The molecule has 6 nitrogen and oxygen atoms in total. The number of alkyl halides is 1. The molecule has 7 heteroatoms. The summed E-state index contributed by atoms with van der Waals surface area (Å²) < 4.78 is 12.6. The van der Waals surface area contributed by atoms with Crippen LogP contribution in [0.2, 0.25) is 0 Å². The molecule has 0 unspecified atom stereocenters. The van der Waals surface area contributed by atoms with Crippen molar-refractivity contribution in [3.05, 3.63) is 66.2 Å². The minimum Gasteiger partial charge on any atom is -0.323 e. The Bertz CT molecular complexity index is 1070. The van der Waals surface area contributed by atoms with E-state index in [1.54, 1.807) is 12.4 Å². The van der Waals surface area contributed by atoms with E-state index >= 15 is 0 Å². The lowest BCUT2D eigenvalue weighted by Gasteiger charge is -2.09. The maximum absolute atomic E-state index is 12.6. The van der Waals surface area contributed by atoms with E-state index in [1.807, 2.05) is 37.3 Å². The zero-order valence-corrected chi connectivity index (χ0v) is 14.0. The average molecular weight is 346 g/mol. The van der Waals surface area contributed by atoms with Gasteiger partial charge in [-0.1, -0.05) is 6.07 Å². The number of fused-ring (bicyclic) bond motifs is 1. The Kier molecular flexibility index (Phi) is 4.18. The van der Waals surface area contributed by atoms with Crippen molar-refractivity contribution in [2.24, 2.45) is 0 Å². The molecule has 0 aliphatic rings. The van der Waals surface area contributed by atoms with Gasteiger partial charge in [-0.2, -0.15) is 0 Å². The summed E-state index contributed by atoms with van der Waals surface area (Å²) in [5.74, 6) is 0.388. The average Bonchev–Trinajstić information content (AvgIpc) is 2.69. The molecule has 4 aromatic rings. The topological polar surface area (TPSA) is 76.5 Å². The third kappa shape index (κ3) is 3.06. The van der Waals surface area contributed by atoms with Crippen molar-refractivity contribution < 1.29 is 4.39 Å². The number of halogens is 1.